The monoisotopic (exact) mass is 305 g/mol. The van der Waals surface area contributed by atoms with Crippen LogP contribution in [0.25, 0.3) is 0 Å². The molecule has 0 saturated carbocycles. The van der Waals surface area contributed by atoms with Crippen LogP contribution in [0.3, 0.4) is 0 Å². The molecule has 7 heteroatoms. The minimum Gasteiger partial charge on any atom is -0.334 e. The van der Waals surface area contributed by atoms with Gasteiger partial charge in [-0.15, -0.1) is 0 Å². The molecule has 0 fully saturated rings. The van der Waals surface area contributed by atoms with Crippen molar-refractivity contribution in [2.45, 2.75) is 13.5 Å². The molecule has 0 radical (unpaired) electrons. The first-order valence-electron chi connectivity index (χ1n) is 6.32. The lowest BCUT2D eigenvalue weighted by atomic mass is 10.2. The van der Waals surface area contributed by atoms with Crippen molar-refractivity contribution in [3.8, 4) is 0 Å². The lowest BCUT2D eigenvalue weighted by Gasteiger charge is -2.17. The second-order valence-corrected chi connectivity index (χ2v) is 5.01. The molecular formula is C14H16ClN5O. The van der Waals surface area contributed by atoms with Gasteiger partial charge in [0, 0.05) is 12.7 Å². The number of halogens is 1. The fourth-order valence-corrected chi connectivity index (χ4v) is 2.04. The molecule has 2 rings (SSSR count). The number of nitrogens with zero attached hydrogens (tertiary/aromatic N) is 3. The molecule has 1 amide bonds. The first-order chi connectivity index (χ1) is 10.0. The lowest BCUT2D eigenvalue weighted by molar-refractivity contribution is 0.0778. The van der Waals surface area contributed by atoms with Gasteiger partial charge in [-0.3, -0.25) is 9.78 Å². The van der Waals surface area contributed by atoms with E-state index in [1.807, 2.05) is 25.1 Å². The number of rotatable bonds is 4. The summed E-state index contributed by atoms with van der Waals surface area (Å²) in [4.78, 5) is 22.4. The smallest absolute Gasteiger partial charge is 0.274 e. The Morgan fingerprint density at radius 1 is 1.33 bits per heavy atom. The molecular weight excluding hydrogens is 290 g/mol. The summed E-state index contributed by atoms with van der Waals surface area (Å²) in [5, 5.41) is 0.281. The molecule has 2 aromatic heterocycles. The van der Waals surface area contributed by atoms with Gasteiger partial charge in [-0.2, -0.15) is 0 Å². The predicted molar refractivity (Wildman–Crippen MR) is 81.8 cm³/mol. The number of hydrogen-bond donors (Lipinski definition) is 2. The van der Waals surface area contributed by atoms with Crippen molar-refractivity contribution in [1.82, 2.24) is 14.9 Å². The van der Waals surface area contributed by atoms with E-state index < -0.39 is 0 Å². The van der Waals surface area contributed by atoms with Crippen LogP contribution in [0.4, 0.5) is 5.82 Å². The van der Waals surface area contributed by atoms with Crippen LogP contribution in [0.15, 0.2) is 30.3 Å². The summed E-state index contributed by atoms with van der Waals surface area (Å²) in [7, 11) is 1.67. The molecule has 0 aliphatic rings. The average Bonchev–Trinajstić information content (AvgIpc) is 2.47. The molecule has 3 N–H and O–H groups in total. The van der Waals surface area contributed by atoms with E-state index in [1.54, 1.807) is 19.2 Å². The van der Waals surface area contributed by atoms with Crippen LogP contribution < -0.4 is 11.3 Å². The van der Waals surface area contributed by atoms with Gasteiger partial charge in [0.2, 0.25) is 0 Å². The van der Waals surface area contributed by atoms with E-state index in [2.05, 4.69) is 15.4 Å². The fraction of sp³-hybridized carbons (Fsp3) is 0.214. The maximum atomic E-state index is 12.4. The number of hydrogen-bond acceptors (Lipinski definition) is 5. The van der Waals surface area contributed by atoms with Crippen molar-refractivity contribution < 1.29 is 4.79 Å². The van der Waals surface area contributed by atoms with Crippen LogP contribution in [0.5, 0.6) is 0 Å². The third kappa shape index (κ3) is 3.68. The molecule has 6 nitrogen and oxygen atoms in total. The van der Waals surface area contributed by atoms with Crippen LogP contribution in [0.1, 0.15) is 21.9 Å². The van der Waals surface area contributed by atoms with Crippen LogP contribution in [0.2, 0.25) is 5.02 Å². The Labute approximate surface area is 127 Å². The van der Waals surface area contributed by atoms with Gasteiger partial charge in [-0.25, -0.2) is 10.8 Å². The quantitative estimate of drug-likeness (QED) is 0.666. The van der Waals surface area contributed by atoms with Crippen LogP contribution >= 0.6 is 11.6 Å². The Morgan fingerprint density at radius 2 is 2.10 bits per heavy atom. The standard InChI is InChI=1S/C14H16ClN5O/c1-9-4-3-5-10(17-9)8-20(2)14(21)13-11(15)6-7-12(18-13)19-16/h3-7H,8,16H2,1-2H3,(H,18,19). The molecule has 0 saturated heterocycles. The SMILES string of the molecule is Cc1cccc(CN(C)C(=O)c2nc(NN)ccc2Cl)n1. The normalized spacial score (nSPS) is 10.3. The van der Waals surface area contributed by atoms with E-state index in [-0.39, 0.29) is 16.6 Å². The van der Waals surface area contributed by atoms with E-state index in [9.17, 15) is 4.79 Å². The van der Waals surface area contributed by atoms with E-state index >= 15 is 0 Å². The molecule has 0 spiro atoms. The Hall–Kier alpha value is -2.18. The van der Waals surface area contributed by atoms with Crippen molar-refractivity contribution in [2.24, 2.45) is 5.84 Å². The maximum Gasteiger partial charge on any atom is 0.274 e. The number of amides is 1. The number of anilines is 1. The van der Waals surface area contributed by atoms with Crippen molar-refractivity contribution >= 4 is 23.3 Å². The largest absolute Gasteiger partial charge is 0.334 e. The zero-order valence-electron chi connectivity index (χ0n) is 11.8. The lowest BCUT2D eigenvalue weighted by Crippen LogP contribution is -2.28. The summed E-state index contributed by atoms with van der Waals surface area (Å²) in [5.74, 6) is 5.38. The van der Waals surface area contributed by atoms with E-state index in [0.29, 0.717) is 12.4 Å². The highest BCUT2D eigenvalue weighted by molar-refractivity contribution is 6.33. The van der Waals surface area contributed by atoms with Crippen molar-refractivity contribution in [3.05, 3.63) is 52.4 Å². The number of hydrazine groups is 1. The van der Waals surface area contributed by atoms with Gasteiger partial charge in [0.15, 0.2) is 0 Å². The molecule has 2 heterocycles. The first-order valence-corrected chi connectivity index (χ1v) is 6.70. The summed E-state index contributed by atoms with van der Waals surface area (Å²) in [5.41, 5.74) is 4.25. The summed E-state index contributed by atoms with van der Waals surface area (Å²) < 4.78 is 0. The van der Waals surface area contributed by atoms with Crippen LogP contribution in [0, 0.1) is 6.92 Å². The van der Waals surface area contributed by atoms with E-state index in [0.717, 1.165) is 11.4 Å². The Bertz CT molecular complexity index is 662. The van der Waals surface area contributed by atoms with Crippen molar-refractivity contribution in [3.63, 3.8) is 0 Å². The molecule has 0 aliphatic carbocycles. The fourth-order valence-electron chi connectivity index (χ4n) is 1.86. The number of carbonyl (C=O) groups is 1. The number of carbonyl (C=O) groups excluding carboxylic acids is 1. The third-order valence-corrected chi connectivity index (χ3v) is 3.19. The topological polar surface area (TPSA) is 84.1 Å². The third-order valence-electron chi connectivity index (χ3n) is 2.89. The zero-order valence-corrected chi connectivity index (χ0v) is 12.6. The van der Waals surface area contributed by atoms with Gasteiger partial charge in [0.25, 0.3) is 5.91 Å². The van der Waals surface area contributed by atoms with Crippen LogP contribution in [-0.2, 0) is 6.54 Å². The molecule has 0 unspecified atom stereocenters. The molecule has 0 atom stereocenters. The molecule has 21 heavy (non-hydrogen) atoms. The van der Waals surface area contributed by atoms with Crippen molar-refractivity contribution in [2.75, 3.05) is 12.5 Å². The highest BCUT2D eigenvalue weighted by atomic mass is 35.5. The second-order valence-electron chi connectivity index (χ2n) is 4.60. The summed E-state index contributed by atoms with van der Waals surface area (Å²) >= 11 is 6.03. The minimum atomic E-state index is -0.291. The first kappa shape index (κ1) is 15.2. The summed E-state index contributed by atoms with van der Waals surface area (Å²) in [6.45, 7) is 2.28. The molecule has 0 aromatic carbocycles. The van der Waals surface area contributed by atoms with E-state index in [4.69, 9.17) is 17.4 Å². The molecule has 110 valence electrons. The minimum absolute atomic E-state index is 0.155. The maximum absolute atomic E-state index is 12.4. The van der Waals surface area contributed by atoms with Crippen LogP contribution in [-0.4, -0.2) is 27.8 Å². The average molecular weight is 306 g/mol. The summed E-state index contributed by atoms with van der Waals surface area (Å²) in [6.07, 6.45) is 0. The Kier molecular flexibility index (Phi) is 4.72. The molecule has 0 bridgehead atoms. The van der Waals surface area contributed by atoms with Gasteiger partial charge < -0.3 is 10.3 Å². The number of pyridine rings is 2. The molecule has 2 aromatic rings. The van der Waals surface area contributed by atoms with Gasteiger partial charge in [-0.1, -0.05) is 17.7 Å². The number of nitrogens with two attached hydrogens (primary N) is 1. The van der Waals surface area contributed by atoms with Gasteiger partial charge >= 0.3 is 0 Å². The molecule has 0 aliphatic heterocycles. The number of aryl methyl sites for hydroxylation is 1. The second kappa shape index (κ2) is 6.51. The van der Waals surface area contributed by atoms with Gasteiger partial charge in [-0.05, 0) is 31.2 Å². The number of nitrogens with one attached hydrogen (secondary N) is 1. The van der Waals surface area contributed by atoms with Crippen molar-refractivity contribution in [1.29, 1.82) is 0 Å². The Morgan fingerprint density at radius 3 is 2.76 bits per heavy atom. The zero-order chi connectivity index (χ0) is 15.4. The van der Waals surface area contributed by atoms with Gasteiger partial charge in [0.1, 0.15) is 11.5 Å². The number of aromatic nitrogens is 2. The highest BCUT2D eigenvalue weighted by Gasteiger charge is 2.18. The predicted octanol–water partition coefficient (Wildman–Crippen LogP) is 2.00. The highest BCUT2D eigenvalue weighted by Crippen LogP contribution is 2.18. The number of nitrogen functional groups attached to an aromatic ring is 1. The summed E-state index contributed by atoms with van der Waals surface area (Å²) in [6, 6.07) is 8.85. The Balaban J connectivity index is 2.19. The van der Waals surface area contributed by atoms with Gasteiger partial charge in [0.05, 0.1) is 17.3 Å². The van der Waals surface area contributed by atoms with E-state index in [1.165, 1.54) is 4.90 Å².